The molecule has 3 heteroatoms. The number of hydrogen-bond acceptors (Lipinski definition) is 3. The molecule has 14 heavy (non-hydrogen) atoms. The Morgan fingerprint density at radius 1 is 1.21 bits per heavy atom. The number of carbonyl (C=O) groups excluding carboxylic acids is 1. The van der Waals surface area contributed by atoms with Crippen LogP contribution in [0.25, 0.3) is 0 Å². The number of nitrogens with zero attached hydrogens (tertiary/aromatic N) is 1. The summed E-state index contributed by atoms with van der Waals surface area (Å²) in [5.41, 5.74) is 0. The molecule has 0 amide bonds. The summed E-state index contributed by atoms with van der Waals surface area (Å²) in [5, 5.41) is 0. The molecule has 0 heterocycles. The van der Waals surface area contributed by atoms with Crippen molar-refractivity contribution >= 4 is 5.97 Å². The van der Waals surface area contributed by atoms with Gasteiger partial charge in [-0.1, -0.05) is 0 Å². The molecule has 0 aliphatic carbocycles. The van der Waals surface area contributed by atoms with E-state index in [4.69, 9.17) is 4.74 Å². The summed E-state index contributed by atoms with van der Waals surface area (Å²) in [6.07, 6.45) is 0.490. The summed E-state index contributed by atoms with van der Waals surface area (Å²) in [6, 6.07) is 0.953. The van der Waals surface area contributed by atoms with Crippen molar-refractivity contribution in [1.82, 2.24) is 4.90 Å². The standard InChI is InChI=1S/C11H23NO2/c1-6-14-11(13)7-8-12(9(2)3)10(4)5/h9-10H,6-8H2,1-5H3. The summed E-state index contributed by atoms with van der Waals surface area (Å²) in [7, 11) is 0. The Kier molecular flexibility index (Phi) is 6.54. The summed E-state index contributed by atoms with van der Waals surface area (Å²) < 4.78 is 4.89. The van der Waals surface area contributed by atoms with Crippen molar-refractivity contribution in [2.75, 3.05) is 13.2 Å². The maximum atomic E-state index is 11.1. The zero-order valence-corrected chi connectivity index (χ0v) is 10.0. The molecule has 0 aromatic carbocycles. The first-order valence-electron chi connectivity index (χ1n) is 5.40. The van der Waals surface area contributed by atoms with E-state index < -0.39 is 0 Å². The van der Waals surface area contributed by atoms with Gasteiger partial charge < -0.3 is 4.74 Å². The first-order chi connectivity index (χ1) is 6.49. The Bertz CT molecular complexity index is 159. The van der Waals surface area contributed by atoms with Crippen LogP contribution in [0.2, 0.25) is 0 Å². The van der Waals surface area contributed by atoms with Gasteiger partial charge in [-0.2, -0.15) is 0 Å². The van der Waals surface area contributed by atoms with Gasteiger partial charge in [0.1, 0.15) is 0 Å². The van der Waals surface area contributed by atoms with E-state index in [0.717, 1.165) is 6.54 Å². The Hall–Kier alpha value is -0.570. The van der Waals surface area contributed by atoms with Gasteiger partial charge in [0, 0.05) is 18.6 Å². The van der Waals surface area contributed by atoms with E-state index in [1.165, 1.54) is 0 Å². The molecule has 0 saturated carbocycles. The molecule has 0 fully saturated rings. The summed E-state index contributed by atoms with van der Waals surface area (Å²) in [6.45, 7) is 11.7. The molecule has 84 valence electrons. The molecule has 0 radical (unpaired) electrons. The summed E-state index contributed by atoms with van der Waals surface area (Å²) >= 11 is 0. The highest BCUT2D eigenvalue weighted by Crippen LogP contribution is 2.05. The molecule has 0 aliphatic heterocycles. The lowest BCUT2D eigenvalue weighted by Gasteiger charge is -2.29. The van der Waals surface area contributed by atoms with Crippen molar-refractivity contribution in [2.45, 2.75) is 53.1 Å². The third-order valence-electron chi connectivity index (χ3n) is 2.21. The Morgan fingerprint density at radius 3 is 2.07 bits per heavy atom. The van der Waals surface area contributed by atoms with Crippen LogP contribution in [0.15, 0.2) is 0 Å². The van der Waals surface area contributed by atoms with Gasteiger partial charge in [0.05, 0.1) is 13.0 Å². The highest BCUT2D eigenvalue weighted by Gasteiger charge is 2.14. The molecular formula is C11H23NO2. The number of carbonyl (C=O) groups is 1. The summed E-state index contributed by atoms with van der Waals surface area (Å²) in [5.74, 6) is -0.0983. The smallest absolute Gasteiger partial charge is 0.307 e. The van der Waals surface area contributed by atoms with Crippen molar-refractivity contribution in [1.29, 1.82) is 0 Å². The molecular weight excluding hydrogens is 178 g/mol. The van der Waals surface area contributed by atoms with Crippen molar-refractivity contribution in [3.05, 3.63) is 0 Å². The second-order valence-corrected chi connectivity index (χ2v) is 3.98. The topological polar surface area (TPSA) is 29.5 Å². The van der Waals surface area contributed by atoms with Gasteiger partial charge in [0.2, 0.25) is 0 Å². The predicted molar refractivity (Wildman–Crippen MR) is 58.2 cm³/mol. The minimum Gasteiger partial charge on any atom is -0.466 e. The second-order valence-electron chi connectivity index (χ2n) is 3.98. The first-order valence-corrected chi connectivity index (χ1v) is 5.40. The van der Waals surface area contributed by atoms with Crippen molar-refractivity contribution in [2.24, 2.45) is 0 Å². The quantitative estimate of drug-likeness (QED) is 0.616. The van der Waals surface area contributed by atoms with Gasteiger partial charge in [0.25, 0.3) is 0 Å². The van der Waals surface area contributed by atoms with Crippen LogP contribution in [-0.2, 0) is 9.53 Å². The number of rotatable bonds is 6. The van der Waals surface area contributed by atoms with Crippen LogP contribution in [-0.4, -0.2) is 36.1 Å². The average Bonchev–Trinajstić information content (AvgIpc) is 2.03. The molecule has 0 N–H and O–H groups in total. The molecule has 0 aliphatic rings. The number of ether oxygens (including phenoxy) is 1. The van der Waals surface area contributed by atoms with Crippen LogP contribution in [0.5, 0.6) is 0 Å². The van der Waals surface area contributed by atoms with Crippen molar-refractivity contribution in [3.8, 4) is 0 Å². The van der Waals surface area contributed by atoms with E-state index in [9.17, 15) is 4.79 Å². The van der Waals surface area contributed by atoms with Gasteiger partial charge in [-0.3, -0.25) is 9.69 Å². The molecule has 0 unspecified atom stereocenters. The minimum absolute atomic E-state index is 0.0983. The molecule has 3 nitrogen and oxygen atoms in total. The third-order valence-corrected chi connectivity index (χ3v) is 2.21. The molecule has 0 aromatic heterocycles. The van der Waals surface area contributed by atoms with Gasteiger partial charge >= 0.3 is 5.97 Å². The fourth-order valence-electron chi connectivity index (χ4n) is 1.57. The van der Waals surface area contributed by atoms with Crippen molar-refractivity contribution < 1.29 is 9.53 Å². The maximum absolute atomic E-state index is 11.1. The molecule has 0 aromatic rings. The maximum Gasteiger partial charge on any atom is 0.307 e. The van der Waals surface area contributed by atoms with Crippen molar-refractivity contribution in [3.63, 3.8) is 0 Å². The lowest BCUT2D eigenvalue weighted by molar-refractivity contribution is -0.143. The number of esters is 1. The highest BCUT2D eigenvalue weighted by atomic mass is 16.5. The van der Waals surface area contributed by atoms with Crippen LogP contribution < -0.4 is 0 Å². The van der Waals surface area contributed by atoms with E-state index in [1.807, 2.05) is 6.92 Å². The first kappa shape index (κ1) is 13.4. The lowest BCUT2D eigenvalue weighted by Crippen LogP contribution is -2.38. The van der Waals surface area contributed by atoms with Crippen LogP contribution in [0.3, 0.4) is 0 Å². The van der Waals surface area contributed by atoms with E-state index in [-0.39, 0.29) is 5.97 Å². The number of hydrogen-bond donors (Lipinski definition) is 0. The Balaban J connectivity index is 3.88. The molecule has 0 bridgehead atoms. The minimum atomic E-state index is -0.0983. The fraction of sp³-hybridized carbons (Fsp3) is 0.909. The molecule has 0 atom stereocenters. The predicted octanol–water partition coefficient (Wildman–Crippen LogP) is 2.06. The van der Waals surface area contributed by atoms with E-state index >= 15 is 0 Å². The zero-order valence-electron chi connectivity index (χ0n) is 10.0. The van der Waals surface area contributed by atoms with Gasteiger partial charge in [-0.05, 0) is 34.6 Å². The normalized spacial score (nSPS) is 11.4. The van der Waals surface area contributed by atoms with Crippen LogP contribution >= 0.6 is 0 Å². The van der Waals surface area contributed by atoms with Crippen LogP contribution in [0.1, 0.15) is 41.0 Å². The zero-order chi connectivity index (χ0) is 11.1. The Morgan fingerprint density at radius 2 is 1.71 bits per heavy atom. The molecule has 0 spiro atoms. The lowest BCUT2D eigenvalue weighted by atomic mass is 10.2. The SMILES string of the molecule is CCOC(=O)CCN(C(C)C)C(C)C. The van der Waals surface area contributed by atoms with E-state index in [1.54, 1.807) is 0 Å². The monoisotopic (exact) mass is 201 g/mol. The summed E-state index contributed by atoms with van der Waals surface area (Å²) in [4.78, 5) is 13.4. The van der Waals surface area contributed by atoms with Crippen LogP contribution in [0.4, 0.5) is 0 Å². The molecule has 0 rings (SSSR count). The second kappa shape index (κ2) is 6.82. The van der Waals surface area contributed by atoms with Gasteiger partial charge in [0.15, 0.2) is 0 Å². The highest BCUT2D eigenvalue weighted by molar-refractivity contribution is 5.69. The largest absolute Gasteiger partial charge is 0.466 e. The van der Waals surface area contributed by atoms with E-state index in [2.05, 4.69) is 32.6 Å². The van der Waals surface area contributed by atoms with Gasteiger partial charge in [-0.15, -0.1) is 0 Å². The van der Waals surface area contributed by atoms with E-state index in [0.29, 0.717) is 25.1 Å². The van der Waals surface area contributed by atoms with Crippen LogP contribution in [0, 0.1) is 0 Å². The van der Waals surface area contributed by atoms with Gasteiger partial charge in [-0.25, -0.2) is 0 Å². The third kappa shape index (κ3) is 5.22. The Labute approximate surface area is 87.4 Å². The average molecular weight is 201 g/mol. The fourth-order valence-corrected chi connectivity index (χ4v) is 1.57. The molecule has 0 saturated heterocycles.